The number of amides is 2. The minimum absolute atomic E-state index is 0.182. The fourth-order valence-corrected chi connectivity index (χ4v) is 1.76. The number of nitrogens with zero attached hydrogens (tertiary/aromatic N) is 1. The highest BCUT2D eigenvalue weighted by Gasteiger charge is 2.36. The number of halogens is 1. The van der Waals surface area contributed by atoms with Crippen LogP contribution in [0.5, 0.6) is 0 Å². The van der Waals surface area contributed by atoms with Crippen molar-refractivity contribution in [2.24, 2.45) is 5.92 Å². The maximum absolute atomic E-state index is 11.7. The average molecular weight is 223 g/mol. The second-order valence-corrected chi connectivity index (χ2v) is 4.00. The topological polar surface area (TPSA) is 37.4 Å². The molecule has 15 heavy (non-hydrogen) atoms. The Hall–Kier alpha value is -1.35. The number of hydrogen-bond acceptors (Lipinski definition) is 2. The molecule has 0 aromatic heterocycles. The van der Waals surface area contributed by atoms with Crippen LogP contribution < -0.4 is 4.90 Å². The minimum atomic E-state index is -0.245. The molecule has 4 heteroatoms. The molecule has 0 aliphatic carbocycles. The molecule has 2 rings (SSSR count). The molecule has 3 nitrogen and oxygen atoms in total. The van der Waals surface area contributed by atoms with Crippen molar-refractivity contribution < 1.29 is 9.59 Å². The molecular formula is C11H9ClNO2. The van der Waals surface area contributed by atoms with E-state index in [4.69, 9.17) is 11.6 Å². The van der Waals surface area contributed by atoms with Crippen LogP contribution in [0.2, 0.25) is 5.02 Å². The third-order valence-electron chi connectivity index (χ3n) is 2.36. The van der Waals surface area contributed by atoms with Crippen LogP contribution in [0.3, 0.4) is 0 Å². The van der Waals surface area contributed by atoms with Gasteiger partial charge in [-0.15, -0.1) is 0 Å². The van der Waals surface area contributed by atoms with Gasteiger partial charge in [0, 0.05) is 23.4 Å². The SMILES string of the molecule is CC1CC(=O)N(c2[c]ccc(Cl)c2)C1=O. The number of imide groups is 1. The monoisotopic (exact) mass is 222 g/mol. The summed E-state index contributed by atoms with van der Waals surface area (Å²) in [7, 11) is 0. The van der Waals surface area contributed by atoms with Crippen molar-refractivity contribution >= 4 is 29.1 Å². The van der Waals surface area contributed by atoms with Crippen molar-refractivity contribution in [3.8, 4) is 0 Å². The van der Waals surface area contributed by atoms with Gasteiger partial charge in [-0.2, -0.15) is 0 Å². The molecule has 1 aromatic carbocycles. The highest BCUT2D eigenvalue weighted by molar-refractivity contribution is 6.31. The molecule has 77 valence electrons. The predicted molar refractivity (Wildman–Crippen MR) is 56.6 cm³/mol. The van der Waals surface area contributed by atoms with E-state index in [1.54, 1.807) is 25.1 Å². The van der Waals surface area contributed by atoms with E-state index in [0.29, 0.717) is 10.7 Å². The van der Waals surface area contributed by atoms with Gasteiger partial charge in [0.25, 0.3) is 0 Å². The van der Waals surface area contributed by atoms with Crippen LogP contribution in [0.1, 0.15) is 13.3 Å². The Balaban J connectivity index is 2.39. The molecule has 0 spiro atoms. The lowest BCUT2D eigenvalue weighted by molar-refractivity contribution is -0.122. The third kappa shape index (κ3) is 1.75. The highest BCUT2D eigenvalue weighted by atomic mass is 35.5. The Morgan fingerprint density at radius 2 is 2.27 bits per heavy atom. The minimum Gasteiger partial charge on any atom is -0.274 e. The van der Waals surface area contributed by atoms with E-state index in [9.17, 15) is 9.59 Å². The van der Waals surface area contributed by atoms with E-state index in [1.807, 2.05) is 0 Å². The van der Waals surface area contributed by atoms with Crippen molar-refractivity contribution in [3.05, 3.63) is 29.3 Å². The molecule has 1 unspecified atom stereocenters. The molecule has 1 aliphatic heterocycles. The summed E-state index contributed by atoms with van der Waals surface area (Å²) in [5, 5.41) is 0.490. The smallest absolute Gasteiger partial charge is 0.237 e. The molecule has 1 fully saturated rings. The van der Waals surface area contributed by atoms with Crippen LogP contribution in [0.4, 0.5) is 5.69 Å². The first kappa shape index (κ1) is 10.2. The fraction of sp³-hybridized carbons (Fsp3) is 0.273. The second-order valence-electron chi connectivity index (χ2n) is 3.56. The van der Waals surface area contributed by atoms with Gasteiger partial charge < -0.3 is 0 Å². The Morgan fingerprint density at radius 3 is 2.80 bits per heavy atom. The van der Waals surface area contributed by atoms with E-state index in [2.05, 4.69) is 6.07 Å². The summed E-state index contributed by atoms with van der Waals surface area (Å²) in [6, 6.07) is 7.65. The third-order valence-corrected chi connectivity index (χ3v) is 2.60. The van der Waals surface area contributed by atoms with Gasteiger partial charge in [0.15, 0.2) is 0 Å². The predicted octanol–water partition coefficient (Wildman–Crippen LogP) is 2.04. The van der Waals surface area contributed by atoms with Crippen LogP contribution in [0, 0.1) is 12.0 Å². The van der Waals surface area contributed by atoms with Crippen LogP contribution in [-0.2, 0) is 9.59 Å². The van der Waals surface area contributed by atoms with Gasteiger partial charge in [0.05, 0.1) is 5.69 Å². The van der Waals surface area contributed by atoms with Crippen molar-refractivity contribution in [1.82, 2.24) is 0 Å². The van der Waals surface area contributed by atoms with E-state index in [0.717, 1.165) is 4.90 Å². The molecule has 1 aliphatic rings. The van der Waals surface area contributed by atoms with Crippen LogP contribution in [-0.4, -0.2) is 11.8 Å². The van der Waals surface area contributed by atoms with Crippen molar-refractivity contribution in [3.63, 3.8) is 0 Å². The van der Waals surface area contributed by atoms with Crippen LogP contribution in [0.15, 0.2) is 18.2 Å². The number of rotatable bonds is 1. The van der Waals surface area contributed by atoms with Crippen LogP contribution >= 0.6 is 11.6 Å². The molecule has 0 saturated carbocycles. The van der Waals surface area contributed by atoms with E-state index < -0.39 is 0 Å². The zero-order valence-electron chi connectivity index (χ0n) is 8.16. The second kappa shape index (κ2) is 3.66. The maximum Gasteiger partial charge on any atom is 0.237 e. The first-order valence-corrected chi connectivity index (χ1v) is 5.01. The quantitative estimate of drug-likeness (QED) is 0.682. The average Bonchev–Trinajstić information content (AvgIpc) is 2.41. The molecule has 0 bridgehead atoms. The normalized spacial score (nSPS) is 21.2. The highest BCUT2D eigenvalue weighted by Crippen LogP contribution is 2.27. The lowest BCUT2D eigenvalue weighted by Gasteiger charge is -2.13. The summed E-state index contributed by atoms with van der Waals surface area (Å²) in [4.78, 5) is 24.4. The Kier molecular flexibility index (Phi) is 2.49. The van der Waals surface area contributed by atoms with Gasteiger partial charge in [-0.25, -0.2) is 4.90 Å². The molecule has 1 radical (unpaired) electrons. The van der Waals surface area contributed by atoms with E-state index >= 15 is 0 Å². The van der Waals surface area contributed by atoms with Gasteiger partial charge in [-0.3, -0.25) is 9.59 Å². The van der Waals surface area contributed by atoms with Gasteiger partial charge in [-0.1, -0.05) is 24.6 Å². The first-order valence-electron chi connectivity index (χ1n) is 4.63. The molecule has 1 saturated heterocycles. The summed E-state index contributed by atoms with van der Waals surface area (Å²) >= 11 is 5.79. The molecule has 1 heterocycles. The number of anilines is 1. The number of hydrogen-bond donors (Lipinski definition) is 0. The summed E-state index contributed by atoms with van der Waals surface area (Å²) < 4.78 is 0. The standard InChI is InChI=1S/C11H9ClNO2/c1-7-5-10(14)13(11(7)15)9-4-2-3-8(12)6-9/h2-3,6-7H,5H2,1H3. The van der Waals surface area contributed by atoms with Gasteiger partial charge in [-0.05, 0) is 12.1 Å². The first-order chi connectivity index (χ1) is 7.09. The maximum atomic E-state index is 11.7. The number of benzene rings is 1. The van der Waals surface area contributed by atoms with Crippen molar-refractivity contribution in [2.45, 2.75) is 13.3 Å². The molecule has 2 amide bonds. The van der Waals surface area contributed by atoms with Gasteiger partial charge in [0.2, 0.25) is 11.8 Å². The van der Waals surface area contributed by atoms with Gasteiger partial charge >= 0.3 is 0 Å². The summed E-state index contributed by atoms with van der Waals surface area (Å²) in [6.45, 7) is 1.74. The fourth-order valence-electron chi connectivity index (χ4n) is 1.59. The zero-order chi connectivity index (χ0) is 11.0. The van der Waals surface area contributed by atoms with Crippen LogP contribution in [0.25, 0.3) is 0 Å². The summed E-state index contributed by atoms with van der Waals surface area (Å²) in [5.74, 6) is -0.616. The van der Waals surface area contributed by atoms with E-state index in [1.165, 1.54) is 0 Å². The molecule has 0 N–H and O–H groups in total. The van der Waals surface area contributed by atoms with Crippen molar-refractivity contribution in [1.29, 1.82) is 0 Å². The zero-order valence-corrected chi connectivity index (χ0v) is 8.91. The summed E-state index contributed by atoms with van der Waals surface area (Å²) in [6.07, 6.45) is 0.263. The Bertz CT molecular complexity index is 430. The van der Waals surface area contributed by atoms with Gasteiger partial charge in [0.1, 0.15) is 0 Å². The largest absolute Gasteiger partial charge is 0.274 e. The Labute approximate surface area is 92.6 Å². The molecular weight excluding hydrogens is 214 g/mol. The van der Waals surface area contributed by atoms with Crippen molar-refractivity contribution in [2.75, 3.05) is 4.90 Å². The lowest BCUT2D eigenvalue weighted by atomic mass is 10.1. The van der Waals surface area contributed by atoms with E-state index in [-0.39, 0.29) is 24.2 Å². The number of carbonyl (C=O) groups excluding carboxylic acids is 2. The lowest BCUT2D eigenvalue weighted by Crippen LogP contribution is -2.29. The molecule has 1 aromatic rings. The Morgan fingerprint density at radius 1 is 1.53 bits per heavy atom. The molecule has 1 atom stereocenters. The summed E-state index contributed by atoms with van der Waals surface area (Å²) in [5.41, 5.74) is 0.432. The number of carbonyl (C=O) groups is 2.